The van der Waals surface area contributed by atoms with E-state index in [9.17, 15) is 4.79 Å². The molecule has 1 aliphatic heterocycles. The molecule has 0 atom stereocenters. The van der Waals surface area contributed by atoms with Crippen molar-refractivity contribution in [2.45, 2.75) is 39.3 Å². The minimum Gasteiger partial charge on any atom is -0.309 e. The third-order valence-electron chi connectivity index (χ3n) is 4.44. The summed E-state index contributed by atoms with van der Waals surface area (Å²) in [6.07, 6.45) is 3.90. The summed E-state index contributed by atoms with van der Waals surface area (Å²) in [4.78, 5) is 14.0. The molecule has 0 radical (unpaired) electrons. The van der Waals surface area contributed by atoms with Gasteiger partial charge < -0.3 is 14.0 Å². The first kappa shape index (κ1) is 15.0. The molecule has 0 amide bonds. The summed E-state index contributed by atoms with van der Waals surface area (Å²) in [5, 5.41) is 8.44. The van der Waals surface area contributed by atoms with Crippen LogP contribution in [-0.4, -0.2) is 39.5 Å². The molecule has 5 nitrogen and oxygen atoms in total. The van der Waals surface area contributed by atoms with Gasteiger partial charge in [-0.1, -0.05) is 18.6 Å². The number of hydrogen-bond acceptors (Lipinski definition) is 3. The predicted molar refractivity (Wildman–Crippen MR) is 86.8 cm³/mol. The van der Waals surface area contributed by atoms with Crippen LogP contribution in [0.5, 0.6) is 0 Å². The van der Waals surface area contributed by atoms with Gasteiger partial charge in [0.15, 0.2) is 0 Å². The zero-order valence-electron chi connectivity index (χ0n) is 13.2. The van der Waals surface area contributed by atoms with Crippen LogP contribution < -0.4 is 5.62 Å². The average molecular weight is 300 g/mol. The number of hydrogen-bond donors (Lipinski definition) is 1. The van der Waals surface area contributed by atoms with E-state index < -0.39 is 0 Å². The van der Waals surface area contributed by atoms with E-state index in [1.807, 2.05) is 33.4 Å². The lowest BCUT2D eigenvalue weighted by atomic mass is 10.1. The summed E-state index contributed by atoms with van der Waals surface area (Å²) in [7, 11) is 0. The maximum absolute atomic E-state index is 11.5. The van der Waals surface area contributed by atoms with Crippen molar-refractivity contribution in [2.75, 3.05) is 19.6 Å². The zero-order valence-corrected chi connectivity index (χ0v) is 13.2. The second-order valence-corrected chi connectivity index (χ2v) is 6.15. The van der Waals surface area contributed by atoms with E-state index in [4.69, 9.17) is 5.41 Å². The Morgan fingerprint density at radius 2 is 1.68 bits per heavy atom. The molecule has 0 bridgehead atoms. The van der Waals surface area contributed by atoms with Gasteiger partial charge in [-0.2, -0.15) is 0 Å². The van der Waals surface area contributed by atoms with E-state index >= 15 is 0 Å². The smallest absolute Gasteiger partial charge is 0.203 e. The van der Waals surface area contributed by atoms with Crippen molar-refractivity contribution in [3.05, 3.63) is 29.9 Å². The number of Topliss-reactive ketones (excluding diaryl/α,β-unsaturated/α-hetero) is 1. The summed E-state index contributed by atoms with van der Waals surface area (Å²) in [5.41, 5.74) is 2.44. The number of nitrogens with one attached hydrogen (secondary N) is 1. The second-order valence-electron chi connectivity index (χ2n) is 6.15. The van der Waals surface area contributed by atoms with Crippen LogP contribution >= 0.6 is 0 Å². The molecule has 1 fully saturated rings. The van der Waals surface area contributed by atoms with E-state index in [1.165, 1.54) is 32.4 Å². The summed E-state index contributed by atoms with van der Waals surface area (Å²) >= 11 is 0. The maximum Gasteiger partial charge on any atom is 0.203 e. The molecule has 1 aliphatic rings. The van der Waals surface area contributed by atoms with Crippen LogP contribution in [0.2, 0.25) is 0 Å². The van der Waals surface area contributed by atoms with Gasteiger partial charge in [0.25, 0.3) is 0 Å². The van der Waals surface area contributed by atoms with Gasteiger partial charge in [-0.3, -0.25) is 10.2 Å². The van der Waals surface area contributed by atoms with Crippen molar-refractivity contribution >= 4 is 16.8 Å². The fraction of sp³-hybridized carbons (Fsp3) is 0.529. The van der Waals surface area contributed by atoms with Crippen molar-refractivity contribution in [3.8, 4) is 0 Å². The molecule has 0 saturated carbocycles. The molecule has 0 spiro atoms. The normalized spacial score (nSPS) is 16.2. The van der Waals surface area contributed by atoms with Gasteiger partial charge in [-0.25, -0.2) is 0 Å². The zero-order chi connectivity index (χ0) is 15.5. The lowest BCUT2D eigenvalue weighted by Gasteiger charge is -2.26. The Morgan fingerprint density at radius 1 is 1.05 bits per heavy atom. The third-order valence-corrected chi connectivity index (χ3v) is 4.44. The summed E-state index contributed by atoms with van der Waals surface area (Å²) in [5.74, 6) is 0.0810. The van der Waals surface area contributed by atoms with Crippen LogP contribution in [0.1, 0.15) is 26.2 Å². The number of carbonyl (C=O) groups is 1. The number of likely N-dealkylation sites (tertiary alicyclic amines) is 1. The van der Waals surface area contributed by atoms with E-state index in [0.717, 1.165) is 24.1 Å². The monoisotopic (exact) mass is 300 g/mol. The minimum atomic E-state index is 0.0810. The molecule has 22 heavy (non-hydrogen) atoms. The fourth-order valence-corrected chi connectivity index (χ4v) is 3.33. The summed E-state index contributed by atoms with van der Waals surface area (Å²) < 4.78 is 3.85. The summed E-state index contributed by atoms with van der Waals surface area (Å²) in [6.45, 7) is 5.97. The number of carbonyl (C=O) groups excluding carboxylic acids is 1. The lowest BCUT2D eigenvalue weighted by Crippen LogP contribution is -2.35. The highest BCUT2D eigenvalue weighted by Gasteiger charge is 2.14. The molecule has 5 heteroatoms. The molecule has 1 N–H and O–H groups in total. The number of rotatable bonds is 5. The minimum absolute atomic E-state index is 0.0810. The number of para-hydroxylation sites is 2. The Balaban J connectivity index is 1.89. The van der Waals surface area contributed by atoms with E-state index in [-0.39, 0.29) is 12.3 Å². The molecule has 0 unspecified atom stereocenters. The molecule has 1 saturated heterocycles. The van der Waals surface area contributed by atoms with Crippen LogP contribution in [0.3, 0.4) is 0 Å². The van der Waals surface area contributed by atoms with Crippen LogP contribution in [0.4, 0.5) is 0 Å². The highest BCUT2D eigenvalue weighted by molar-refractivity contribution is 5.80. The fourth-order valence-electron chi connectivity index (χ4n) is 3.33. The molecule has 3 rings (SSSR count). The number of ketones is 1. The van der Waals surface area contributed by atoms with Gasteiger partial charge in [0.2, 0.25) is 5.62 Å². The Morgan fingerprint density at radius 3 is 2.32 bits per heavy atom. The Labute approximate surface area is 130 Å². The average Bonchev–Trinajstić information content (AvgIpc) is 2.78. The number of benzene rings is 1. The molecular weight excluding hydrogens is 276 g/mol. The van der Waals surface area contributed by atoms with Gasteiger partial charge >= 0.3 is 0 Å². The Kier molecular flexibility index (Phi) is 4.43. The first-order valence-corrected chi connectivity index (χ1v) is 8.11. The first-order valence-electron chi connectivity index (χ1n) is 8.11. The standard InChI is InChI=1S/C17H24N4O/c1-14(22)13-21-16-8-4-3-7-15(16)20(17(21)18)12-11-19-9-5-2-6-10-19/h3-4,7-8,18H,2,5-6,9-13H2,1H3. The predicted octanol–water partition coefficient (Wildman–Crippen LogP) is 2.00. The van der Waals surface area contributed by atoms with E-state index in [2.05, 4.69) is 4.90 Å². The number of fused-ring (bicyclic) bond motifs is 1. The molecule has 2 heterocycles. The highest BCUT2D eigenvalue weighted by atomic mass is 16.1. The van der Waals surface area contributed by atoms with Crippen LogP contribution in [0.25, 0.3) is 11.0 Å². The molecule has 1 aromatic carbocycles. The van der Waals surface area contributed by atoms with Crippen molar-refractivity contribution in [2.24, 2.45) is 0 Å². The third kappa shape index (κ3) is 2.99. The van der Waals surface area contributed by atoms with Crippen molar-refractivity contribution < 1.29 is 4.79 Å². The van der Waals surface area contributed by atoms with Crippen LogP contribution in [0.15, 0.2) is 24.3 Å². The quantitative estimate of drug-likeness (QED) is 0.918. The van der Waals surface area contributed by atoms with Gasteiger partial charge in [0.05, 0.1) is 17.6 Å². The van der Waals surface area contributed by atoms with Gasteiger partial charge in [0, 0.05) is 13.1 Å². The molecule has 0 aliphatic carbocycles. The molecule has 118 valence electrons. The van der Waals surface area contributed by atoms with Crippen LogP contribution in [-0.2, 0) is 17.9 Å². The second kappa shape index (κ2) is 6.48. The van der Waals surface area contributed by atoms with Crippen molar-refractivity contribution in [1.29, 1.82) is 5.41 Å². The summed E-state index contributed by atoms with van der Waals surface area (Å²) in [6, 6.07) is 8.00. The number of piperidine rings is 1. The van der Waals surface area contributed by atoms with Crippen molar-refractivity contribution in [1.82, 2.24) is 14.0 Å². The highest BCUT2D eigenvalue weighted by Crippen LogP contribution is 2.14. The maximum atomic E-state index is 11.5. The molecule has 2 aromatic rings. The SMILES string of the molecule is CC(=O)Cn1c(=N)n(CCN2CCCCC2)c2ccccc21. The van der Waals surface area contributed by atoms with Gasteiger partial charge in [-0.15, -0.1) is 0 Å². The van der Waals surface area contributed by atoms with E-state index in [1.54, 1.807) is 6.92 Å². The topological polar surface area (TPSA) is 54.0 Å². The van der Waals surface area contributed by atoms with Crippen LogP contribution in [0, 0.1) is 5.41 Å². The lowest BCUT2D eigenvalue weighted by molar-refractivity contribution is -0.117. The number of nitrogens with zero attached hydrogens (tertiary/aromatic N) is 3. The first-order chi connectivity index (χ1) is 10.7. The molecular formula is C17H24N4O. The molecule has 1 aromatic heterocycles. The van der Waals surface area contributed by atoms with Gasteiger partial charge in [0.1, 0.15) is 5.78 Å². The largest absolute Gasteiger partial charge is 0.309 e. The Hall–Kier alpha value is -1.88. The van der Waals surface area contributed by atoms with E-state index in [0.29, 0.717) is 5.62 Å². The number of aromatic nitrogens is 2. The Bertz CT molecular complexity index is 722. The van der Waals surface area contributed by atoms with Crippen molar-refractivity contribution in [3.63, 3.8) is 0 Å². The number of imidazole rings is 1. The van der Waals surface area contributed by atoms with Gasteiger partial charge in [-0.05, 0) is 45.0 Å².